The number of alkyl halides is 3. The number of halogens is 3. The fraction of sp³-hybridized carbons (Fsp3) is 1.00. The van der Waals surface area contributed by atoms with Crippen molar-refractivity contribution < 1.29 is 0 Å². The molecule has 0 heterocycles. The molecule has 4 heteroatoms. The second kappa shape index (κ2) is 5.84. The van der Waals surface area contributed by atoms with E-state index in [0.717, 1.165) is 12.5 Å². The van der Waals surface area contributed by atoms with Crippen LogP contribution in [0.3, 0.4) is 0 Å². The molecular formula is C5H9Cl3Si. The Hall–Kier alpha value is 1.09. The molecule has 0 spiro atoms. The van der Waals surface area contributed by atoms with Gasteiger partial charge in [0.05, 0.1) is 14.0 Å². The van der Waals surface area contributed by atoms with Crippen LogP contribution in [0.4, 0.5) is 0 Å². The third-order valence-corrected chi connectivity index (χ3v) is 2.87. The molecule has 0 aliphatic carbocycles. The summed E-state index contributed by atoms with van der Waals surface area (Å²) in [7, 11) is 0.628. The van der Waals surface area contributed by atoms with Crippen molar-refractivity contribution in [2.45, 2.75) is 29.2 Å². The second-order valence-corrected chi connectivity index (χ2v) is 5.88. The van der Waals surface area contributed by atoms with Gasteiger partial charge in [0.25, 0.3) is 0 Å². The first kappa shape index (κ1) is 10.1. The first-order chi connectivity index (χ1) is 4.13. The smallest absolute Gasteiger partial charge is 0.0929 e. The highest BCUT2D eigenvalue weighted by Crippen LogP contribution is 2.08. The summed E-state index contributed by atoms with van der Waals surface area (Å²) in [6.45, 7) is 1.98. The zero-order valence-corrected chi connectivity index (χ0v) is 8.47. The summed E-state index contributed by atoms with van der Waals surface area (Å²) < 4.78 is -0.194. The zero-order valence-electron chi connectivity index (χ0n) is 5.20. The number of hydrogen-bond acceptors (Lipinski definition) is 0. The van der Waals surface area contributed by atoms with Gasteiger partial charge in [0.1, 0.15) is 0 Å². The van der Waals surface area contributed by atoms with Crippen LogP contribution in [-0.2, 0) is 0 Å². The molecule has 0 amide bonds. The van der Waals surface area contributed by atoms with Crippen molar-refractivity contribution in [2.75, 3.05) is 0 Å². The Morgan fingerprint density at radius 2 is 1.89 bits per heavy atom. The van der Waals surface area contributed by atoms with E-state index in [1.54, 1.807) is 0 Å². The van der Waals surface area contributed by atoms with Gasteiger partial charge in [-0.25, -0.2) is 0 Å². The van der Waals surface area contributed by atoms with E-state index < -0.39 is 0 Å². The summed E-state index contributed by atoms with van der Waals surface area (Å²) in [6.07, 6.45) is 1.01. The predicted molar refractivity (Wildman–Crippen MR) is 46.0 cm³/mol. The summed E-state index contributed by atoms with van der Waals surface area (Å²) in [6, 6.07) is 1.04. The van der Waals surface area contributed by atoms with Crippen molar-refractivity contribution in [3.8, 4) is 0 Å². The van der Waals surface area contributed by atoms with Gasteiger partial charge in [0.2, 0.25) is 0 Å². The SMILES string of the molecule is CC(Cl)CC[Si]C(Cl)Cl. The molecule has 0 aromatic carbocycles. The Balaban J connectivity index is 2.91. The maximum Gasteiger partial charge on any atom is 0.0929 e. The van der Waals surface area contributed by atoms with Crippen molar-refractivity contribution in [1.29, 1.82) is 0 Å². The van der Waals surface area contributed by atoms with E-state index in [1.165, 1.54) is 0 Å². The lowest BCUT2D eigenvalue weighted by molar-refractivity contribution is 0.888. The highest BCUT2D eigenvalue weighted by Gasteiger charge is 2.01. The van der Waals surface area contributed by atoms with Gasteiger partial charge in [-0.1, -0.05) is 6.04 Å². The molecule has 0 nitrogen and oxygen atoms in total. The van der Waals surface area contributed by atoms with Crippen LogP contribution in [0.5, 0.6) is 0 Å². The summed E-state index contributed by atoms with van der Waals surface area (Å²) >= 11 is 16.7. The Morgan fingerprint density at radius 1 is 1.33 bits per heavy atom. The van der Waals surface area contributed by atoms with Gasteiger partial charge < -0.3 is 0 Å². The average Bonchev–Trinajstić information content (AvgIpc) is 1.63. The van der Waals surface area contributed by atoms with Crippen LogP contribution >= 0.6 is 34.8 Å². The van der Waals surface area contributed by atoms with Crippen LogP contribution in [0.15, 0.2) is 0 Å². The fourth-order valence-electron chi connectivity index (χ4n) is 0.391. The van der Waals surface area contributed by atoms with Crippen LogP contribution in [0.25, 0.3) is 0 Å². The Morgan fingerprint density at radius 3 is 2.22 bits per heavy atom. The molecule has 2 radical (unpaired) electrons. The molecule has 0 rings (SSSR count). The van der Waals surface area contributed by atoms with E-state index in [-0.39, 0.29) is 9.84 Å². The molecule has 54 valence electrons. The molecule has 0 aromatic heterocycles. The summed E-state index contributed by atoms with van der Waals surface area (Å²) in [5, 5.41) is 0.254. The summed E-state index contributed by atoms with van der Waals surface area (Å²) in [5.74, 6) is 0. The van der Waals surface area contributed by atoms with E-state index >= 15 is 0 Å². The molecule has 1 atom stereocenters. The topological polar surface area (TPSA) is 0 Å². The molecule has 0 fully saturated rings. The Kier molecular flexibility index (Phi) is 6.55. The van der Waals surface area contributed by atoms with Gasteiger partial charge in [0.15, 0.2) is 0 Å². The lowest BCUT2D eigenvalue weighted by Gasteiger charge is -2.00. The maximum atomic E-state index is 5.68. The van der Waals surface area contributed by atoms with Gasteiger partial charge in [0, 0.05) is 5.38 Å². The molecule has 1 unspecified atom stereocenters. The van der Waals surface area contributed by atoms with E-state index in [1.807, 2.05) is 6.92 Å². The van der Waals surface area contributed by atoms with Crippen LogP contribution < -0.4 is 0 Å². The molecule has 0 saturated carbocycles. The van der Waals surface area contributed by atoms with Crippen molar-refractivity contribution >= 4 is 44.3 Å². The largest absolute Gasteiger partial charge is 0.123 e. The molecule has 0 saturated heterocycles. The van der Waals surface area contributed by atoms with Crippen molar-refractivity contribution in [1.82, 2.24) is 0 Å². The van der Waals surface area contributed by atoms with Crippen LogP contribution in [0.1, 0.15) is 13.3 Å². The maximum absolute atomic E-state index is 5.68. The minimum atomic E-state index is -0.194. The third kappa shape index (κ3) is 9.09. The standard InChI is InChI=1S/C5H9Cl3Si/c1-4(6)2-3-9-5(7)8/h4-5H,2-3H2,1H3. The lowest BCUT2D eigenvalue weighted by Crippen LogP contribution is -2.03. The van der Waals surface area contributed by atoms with Crippen molar-refractivity contribution in [2.24, 2.45) is 0 Å². The van der Waals surface area contributed by atoms with E-state index in [9.17, 15) is 0 Å². The highest BCUT2D eigenvalue weighted by atomic mass is 35.5. The minimum Gasteiger partial charge on any atom is -0.123 e. The molecular weight excluding hydrogens is 194 g/mol. The third-order valence-electron chi connectivity index (χ3n) is 0.841. The van der Waals surface area contributed by atoms with Gasteiger partial charge >= 0.3 is 0 Å². The molecule has 9 heavy (non-hydrogen) atoms. The fourth-order valence-corrected chi connectivity index (χ4v) is 2.16. The highest BCUT2D eigenvalue weighted by molar-refractivity contribution is 6.68. The van der Waals surface area contributed by atoms with E-state index in [0.29, 0.717) is 9.52 Å². The van der Waals surface area contributed by atoms with Crippen LogP contribution in [-0.4, -0.2) is 19.4 Å². The van der Waals surface area contributed by atoms with Gasteiger partial charge in [-0.2, -0.15) is 0 Å². The first-order valence-corrected chi connectivity index (χ1v) is 5.38. The molecule has 0 aliphatic rings. The molecule has 0 aromatic rings. The Labute approximate surface area is 73.7 Å². The minimum absolute atomic E-state index is 0.194. The molecule has 0 N–H and O–H groups in total. The second-order valence-electron chi connectivity index (χ2n) is 1.82. The quantitative estimate of drug-likeness (QED) is 0.487. The van der Waals surface area contributed by atoms with E-state index in [2.05, 4.69) is 0 Å². The van der Waals surface area contributed by atoms with Crippen molar-refractivity contribution in [3.63, 3.8) is 0 Å². The average molecular weight is 204 g/mol. The number of hydrogen-bond donors (Lipinski definition) is 0. The molecule has 0 aliphatic heterocycles. The molecule has 0 bridgehead atoms. The summed E-state index contributed by atoms with van der Waals surface area (Å²) in [5.41, 5.74) is 0. The van der Waals surface area contributed by atoms with Gasteiger partial charge in [-0.3, -0.25) is 0 Å². The zero-order chi connectivity index (χ0) is 7.28. The first-order valence-electron chi connectivity index (χ1n) is 2.78. The lowest BCUT2D eigenvalue weighted by atomic mass is 10.4. The number of rotatable bonds is 4. The van der Waals surface area contributed by atoms with Crippen LogP contribution in [0, 0.1) is 0 Å². The van der Waals surface area contributed by atoms with Crippen LogP contribution in [0.2, 0.25) is 6.04 Å². The van der Waals surface area contributed by atoms with E-state index in [4.69, 9.17) is 34.8 Å². The Bertz CT molecular complexity index is 57.2. The van der Waals surface area contributed by atoms with Gasteiger partial charge in [-0.15, -0.1) is 34.8 Å². The van der Waals surface area contributed by atoms with Gasteiger partial charge in [-0.05, 0) is 13.3 Å². The summed E-state index contributed by atoms with van der Waals surface area (Å²) in [4.78, 5) is 0. The van der Waals surface area contributed by atoms with Crippen molar-refractivity contribution in [3.05, 3.63) is 0 Å². The monoisotopic (exact) mass is 202 g/mol. The predicted octanol–water partition coefficient (Wildman–Crippen LogP) is 2.89. The normalized spacial score (nSPS) is 14.3.